The van der Waals surface area contributed by atoms with Crippen molar-refractivity contribution in [3.05, 3.63) is 59.2 Å². The van der Waals surface area contributed by atoms with Crippen LogP contribution in [0.1, 0.15) is 30.0 Å². The van der Waals surface area contributed by atoms with Gasteiger partial charge in [0.25, 0.3) is 5.91 Å². The van der Waals surface area contributed by atoms with Crippen molar-refractivity contribution in [2.24, 2.45) is 0 Å². The van der Waals surface area contributed by atoms with Crippen LogP contribution in [0.4, 0.5) is 5.69 Å². The summed E-state index contributed by atoms with van der Waals surface area (Å²) in [6.45, 7) is 5.90. The van der Waals surface area contributed by atoms with Gasteiger partial charge in [0.1, 0.15) is 5.75 Å². The van der Waals surface area contributed by atoms with Crippen LogP contribution in [-0.4, -0.2) is 31.1 Å². The van der Waals surface area contributed by atoms with Gasteiger partial charge in [-0.15, -0.1) is 0 Å². The van der Waals surface area contributed by atoms with E-state index in [0.717, 1.165) is 35.2 Å². The lowest BCUT2D eigenvalue weighted by Crippen LogP contribution is -2.43. The maximum Gasteiger partial charge on any atom is 0.344 e. The highest BCUT2D eigenvalue weighted by atomic mass is 16.6. The van der Waals surface area contributed by atoms with Crippen LogP contribution >= 0.6 is 0 Å². The molecule has 2 aromatic carbocycles. The van der Waals surface area contributed by atoms with Crippen molar-refractivity contribution in [2.75, 3.05) is 18.1 Å². The van der Waals surface area contributed by atoms with E-state index < -0.39 is 12.1 Å². The van der Waals surface area contributed by atoms with Crippen LogP contribution in [0, 0.1) is 13.8 Å². The zero-order valence-electron chi connectivity index (χ0n) is 16.0. The van der Waals surface area contributed by atoms with E-state index in [9.17, 15) is 9.59 Å². The molecule has 5 nitrogen and oxygen atoms in total. The lowest BCUT2D eigenvalue weighted by molar-refractivity contribution is -0.155. The predicted octanol–water partition coefficient (Wildman–Crippen LogP) is 3.59. The molecule has 0 aromatic heterocycles. The lowest BCUT2D eigenvalue weighted by Gasteiger charge is -2.31. The first-order chi connectivity index (χ1) is 13.0. The summed E-state index contributed by atoms with van der Waals surface area (Å²) in [6.07, 6.45) is 1.00. The van der Waals surface area contributed by atoms with Crippen molar-refractivity contribution in [2.45, 2.75) is 39.7 Å². The Labute approximate surface area is 159 Å². The number of carbonyl (C=O) groups excluding carboxylic acids is 2. The molecule has 0 saturated carbocycles. The molecule has 142 valence electrons. The number of amides is 1. The highest BCUT2D eigenvalue weighted by Gasteiger charge is 2.28. The van der Waals surface area contributed by atoms with Crippen LogP contribution < -0.4 is 9.64 Å². The normalized spacial score (nSPS) is 14.3. The van der Waals surface area contributed by atoms with Gasteiger partial charge in [-0.1, -0.05) is 30.3 Å². The first-order valence-corrected chi connectivity index (χ1v) is 9.24. The molecule has 0 N–H and O–H groups in total. The van der Waals surface area contributed by atoms with Gasteiger partial charge in [0.15, 0.2) is 12.7 Å². The maximum absolute atomic E-state index is 12.8. The van der Waals surface area contributed by atoms with E-state index in [1.165, 1.54) is 0 Å². The average molecular weight is 367 g/mol. The molecule has 0 spiro atoms. The number of esters is 1. The monoisotopic (exact) mass is 367 g/mol. The molecular formula is C22H25NO4. The number of carbonyl (C=O) groups is 2. The van der Waals surface area contributed by atoms with Gasteiger partial charge in [-0.25, -0.2) is 4.79 Å². The molecule has 2 aromatic rings. The molecule has 0 saturated heterocycles. The molecule has 1 atom stereocenters. The van der Waals surface area contributed by atoms with Gasteiger partial charge >= 0.3 is 5.97 Å². The highest BCUT2D eigenvalue weighted by Crippen LogP contribution is 2.27. The number of fused-ring (bicyclic) bond motifs is 1. The zero-order chi connectivity index (χ0) is 19.4. The lowest BCUT2D eigenvalue weighted by atomic mass is 10.0. The fourth-order valence-corrected chi connectivity index (χ4v) is 3.26. The van der Waals surface area contributed by atoms with Gasteiger partial charge in [-0.2, -0.15) is 0 Å². The second-order valence-corrected chi connectivity index (χ2v) is 6.91. The molecular weight excluding hydrogens is 342 g/mol. The van der Waals surface area contributed by atoms with E-state index in [-0.39, 0.29) is 12.5 Å². The molecule has 0 radical (unpaired) electrons. The summed E-state index contributed by atoms with van der Waals surface area (Å²) in [4.78, 5) is 26.6. The second kappa shape index (κ2) is 8.25. The van der Waals surface area contributed by atoms with Crippen molar-refractivity contribution in [1.29, 1.82) is 0 Å². The quantitative estimate of drug-likeness (QED) is 0.758. The fraction of sp³-hybridized carbons (Fsp3) is 0.364. The molecule has 3 rings (SSSR count). The van der Waals surface area contributed by atoms with Crippen LogP contribution in [0.2, 0.25) is 0 Å². The topological polar surface area (TPSA) is 55.8 Å². The Morgan fingerprint density at radius 1 is 1.15 bits per heavy atom. The van der Waals surface area contributed by atoms with Gasteiger partial charge < -0.3 is 14.4 Å². The molecule has 1 aliphatic heterocycles. The Kier molecular flexibility index (Phi) is 5.79. The van der Waals surface area contributed by atoms with Gasteiger partial charge in [0.05, 0.1) is 0 Å². The standard InChI is InChI=1S/C22H25NO4/c1-15-10-11-16(2)20(13-15)26-14-21(24)27-17(3)22(25)23-12-6-8-18-7-4-5-9-19(18)23/h4-5,7,9-11,13,17H,6,8,12,14H2,1-3H3. The van der Waals surface area contributed by atoms with Crippen LogP contribution in [0.25, 0.3) is 0 Å². The summed E-state index contributed by atoms with van der Waals surface area (Å²) in [7, 11) is 0. The van der Waals surface area contributed by atoms with Crippen LogP contribution in [0.5, 0.6) is 5.75 Å². The molecule has 27 heavy (non-hydrogen) atoms. The maximum atomic E-state index is 12.8. The van der Waals surface area contributed by atoms with Gasteiger partial charge in [-0.05, 0) is 62.4 Å². The summed E-state index contributed by atoms with van der Waals surface area (Å²) in [6, 6.07) is 13.7. The minimum atomic E-state index is -0.856. The van der Waals surface area contributed by atoms with Crippen molar-refractivity contribution in [1.82, 2.24) is 0 Å². The number of nitrogens with zero attached hydrogens (tertiary/aromatic N) is 1. The first kappa shape index (κ1) is 19.0. The van der Waals surface area contributed by atoms with Crippen molar-refractivity contribution >= 4 is 17.6 Å². The Morgan fingerprint density at radius 3 is 2.74 bits per heavy atom. The number of anilines is 1. The van der Waals surface area contributed by atoms with Crippen LogP contribution in [-0.2, 0) is 20.7 Å². The summed E-state index contributed by atoms with van der Waals surface area (Å²) in [5.41, 5.74) is 4.05. The smallest absolute Gasteiger partial charge is 0.344 e. The summed E-state index contributed by atoms with van der Waals surface area (Å²) in [5, 5.41) is 0. The number of para-hydroxylation sites is 1. The zero-order valence-corrected chi connectivity index (χ0v) is 16.0. The summed E-state index contributed by atoms with van der Waals surface area (Å²) >= 11 is 0. The fourth-order valence-electron chi connectivity index (χ4n) is 3.26. The molecule has 5 heteroatoms. The van der Waals surface area contributed by atoms with Crippen molar-refractivity contribution < 1.29 is 19.1 Å². The first-order valence-electron chi connectivity index (χ1n) is 9.24. The SMILES string of the molecule is Cc1ccc(C)c(OCC(=O)OC(C)C(=O)N2CCCc3ccccc32)c1. The van der Waals surface area contributed by atoms with Gasteiger partial charge in [0.2, 0.25) is 0 Å². The highest BCUT2D eigenvalue weighted by molar-refractivity contribution is 5.98. The third kappa shape index (κ3) is 4.48. The minimum Gasteiger partial charge on any atom is -0.482 e. The molecule has 1 aliphatic rings. The number of benzene rings is 2. The van der Waals surface area contributed by atoms with E-state index in [1.807, 2.05) is 56.3 Å². The average Bonchev–Trinajstić information content (AvgIpc) is 2.67. The van der Waals surface area contributed by atoms with E-state index in [4.69, 9.17) is 9.47 Å². The number of ether oxygens (including phenoxy) is 2. The predicted molar refractivity (Wildman–Crippen MR) is 104 cm³/mol. The molecule has 0 fully saturated rings. The molecule has 0 aliphatic carbocycles. The van der Waals surface area contributed by atoms with Crippen molar-refractivity contribution in [3.63, 3.8) is 0 Å². The largest absolute Gasteiger partial charge is 0.482 e. The van der Waals surface area contributed by atoms with Gasteiger partial charge in [-0.3, -0.25) is 4.79 Å². The van der Waals surface area contributed by atoms with Gasteiger partial charge in [0, 0.05) is 12.2 Å². The second-order valence-electron chi connectivity index (χ2n) is 6.91. The molecule has 1 amide bonds. The Balaban J connectivity index is 1.58. The Morgan fingerprint density at radius 2 is 1.93 bits per heavy atom. The van der Waals surface area contributed by atoms with E-state index >= 15 is 0 Å². The Bertz CT molecular complexity index is 846. The number of aryl methyl sites for hydroxylation is 3. The Hall–Kier alpha value is -2.82. The van der Waals surface area contributed by atoms with E-state index in [2.05, 4.69) is 0 Å². The van der Waals surface area contributed by atoms with Crippen LogP contribution in [0.15, 0.2) is 42.5 Å². The number of hydrogen-bond donors (Lipinski definition) is 0. The molecule has 0 bridgehead atoms. The third-order valence-electron chi connectivity index (χ3n) is 4.72. The van der Waals surface area contributed by atoms with E-state index in [1.54, 1.807) is 11.8 Å². The molecule has 1 unspecified atom stereocenters. The summed E-state index contributed by atoms with van der Waals surface area (Å²) in [5.74, 6) is -0.111. The van der Waals surface area contributed by atoms with E-state index in [0.29, 0.717) is 12.3 Å². The molecule has 1 heterocycles. The van der Waals surface area contributed by atoms with Crippen LogP contribution in [0.3, 0.4) is 0 Å². The minimum absolute atomic E-state index is 0.206. The summed E-state index contributed by atoms with van der Waals surface area (Å²) < 4.78 is 10.9. The number of hydrogen-bond acceptors (Lipinski definition) is 4. The number of rotatable bonds is 5. The van der Waals surface area contributed by atoms with Crippen molar-refractivity contribution in [3.8, 4) is 5.75 Å². The third-order valence-corrected chi connectivity index (χ3v) is 4.72.